The van der Waals surface area contributed by atoms with E-state index in [9.17, 15) is 4.79 Å². The molecule has 1 aromatic carbocycles. The van der Waals surface area contributed by atoms with Crippen molar-refractivity contribution >= 4 is 40.4 Å². The summed E-state index contributed by atoms with van der Waals surface area (Å²) < 4.78 is 0.773. The molecule has 0 aliphatic heterocycles. The van der Waals surface area contributed by atoms with E-state index >= 15 is 0 Å². The largest absolute Gasteiger partial charge is 0.465 e. The van der Waals surface area contributed by atoms with Crippen molar-refractivity contribution in [2.24, 2.45) is 0 Å². The Morgan fingerprint density at radius 1 is 1.30 bits per heavy atom. The average molecular weight is 311 g/mol. The van der Waals surface area contributed by atoms with Gasteiger partial charge >= 0.3 is 6.09 Å². The van der Waals surface area contributed by atoms with E-state index in [1.165, 1.54) is 11.3 Å². The van der Waals surface area contributed by atoms with Gasteiger partial charge in [0.25, 0.3) is 0 Å². The lowest BCUT2D eigenvalue weighted by Crippen LogP contribution is -2.10. The van der Waals surface area contributed by atoms with E-state index in [4.69, 9.17) is 16.7 Å². The highest BCUT2D eigenvalue weighted by Gasteiger charge is 2.08. The number of anilines is 2. The van der Waals surface area contributed by atoms with Crippen LogP contribution in [0.3, 0.4) is 0 Å². The Kier molecular flexibility index (Phi) is 4.52. The SMILES string of the molecule is Cc1cc(NCc2ccc(Cl)s2)cc(C)c1NC(=O)O. The zero-order valence-electron chi connectivity index (χ0n) is 11.2. The first-order valence-electron chi connectivity index (χ1n) is 6.05. The Bertz CT molecular complexity index is 617. The van der Waals surface area contributed by atoms with Gasteiger partial charge in [0.2, 0.25) is 0 Å². The summed E-state index contributed by atoms with van der Waals surface area (Å²) in [7, 11) is 0. The fourth-order valence-corrected chi connectivity index (χ4v) is 3.03. The Hall–Kier alpha value is -1.72. The fourth-order valence-electron chi connectivity index (χ4n) is 2.01. The summed E-state index contributed by atoms with van der Waals surface area (Å²) in [5.74, 6) is 0. The summed E-state index contributed by atoms with van der Waals surface area (Å²) >= 11 is 7.43. The molecule has 0 radical (unpaired) electrons. The highest BCUT2D eigenvalue weighted by molar-refractivity contribution is 7.16. The molecule has 0 fully saturated rings. The molecule has 2 rings (SSSR count). The number of nitrogens with one attached hydrogen (secondary N) is 2. The molecule has 2 aromatic rings. The van der Waals surface area contributed by atoms with Crippen LogP contribution in [0.5, 0.6) is 0 Å². The third kappa shape index (κ3) is 3.65. The van der Waals surface area contributed by atoms with Crippen LogP contribution in [0.4, 0.5) is 16.2 Å². The van der Waals surface area contributed by atoms with Crippen molar-refractivity contribution in [1.29, 1.82) is 0 Å². The number of hydrogen-bond donors (Lipinski definition) is 3. The lowest BCUT2D eigenvalue weighted by atomic mass is 10.1. The van der Waals surface area contributed by atoms with Crippen LogP contribution < -0.4 is 10.6 Å². The molecule has 1 amide bonds. The van der Waals surface area contributed by atoms with Crippen molar-refractivity contribution in [1.82, 2.24) is 0 Å². The quantitative estimate of drug-likeness (QED) is 0.765. The predicted octanol–water partition coefficient (Wildman–Crippen LogP) is 4.72. The molecular weight excluding hydrogens is 296 g/mol. The smallest absolute Gasteiger partial charge is 0.409 e. The first-order valence-corrected chi connectivity index (χ1v) is 7.24. The van der Waals surface area contributed by atoms with E-state index in [2.05, 4.69) is 10.6 Å². The van der Waals surface area contributed by atoms with E-state index in [-0.39, 0.29) is 0 Å². The van der Waals surface area contributed by atoms with E-state index < -0.39 is 6.09 Å². The lowest BCUT2D eigenvalue weighted by Gasteiger charge is -2.13. The van der Waals surface area contributed by atoms with Crippen LogP contribution in [0.2, 0.25) is 4.34 Å². The molecule has 0 unspecified atom stereocenters. The molecule has 1 heterocycles. The van der Waals surface area contributed by atoms with E-state index in [1.54, 1.807) is 0 Å². The maximum absolute atomic E-state index is 10.7. The molecule has 1 aromatic heterocycles. The van der Waals surface area contributed by atoms with E-state index in [0.29, 0.717) is 12.2 Å². The van der Waals surface area contributed by atoms with Gasteiger partial charge < -0.3 is 10.4 Å². The van der Waals surface area contributed by atoms with Crippen LogP contribution in [0.25, 0.3) is 0 Å². The lowest BCUT2D eigenvalue weighted by molar-refractivity contribution is 0.209. The molecule has 0 spiro atoms. The van der Waals surface area contributed by atoms with Gasteiger partial charge in [0, 0.05) is 22.8 Å². The van der Waals surface area contributed by atoms with Gasteiger partial charge in [-0.25, -0.2) is 4.79 Å². The van der Waals surface area contributed by atoms with Crippen LogP contribution in [-0.2, 0) is 6.54 Å². The normalized spacial score (nSPS) is 10.3. The summed E-state index contributed by atoms with van der Waals surface area (Å²) in [4.78, 5) is 11.9. The van der Waals surface area contributed by atoms with Crippen molar-refractivity contribution in [2.75, 3.05) is 10.6 Å². The summed E-state index contributed by atoms with van der Waals surface area (Å²) in [6.07, 6.45) is -1.05. The maximum Gasteiger partial charge on any atom is 0.409 e. The summed E-state index contributed by atoms with van der Waals surface area (Å²) in [5.41, 5.74) is 3.38. The van der Waals surface area contributed by atoms with Gasteiger partial charge in [0.15, 0.2) is 0 Å². The minimum Gasteiger partial charge on any atom is -0.465 e. The monoisotopic (exact) mass is 310 g/mol. The third-order valence-electron chi connectivity index (χ3n) is 2.86. The van der Waals surface area contributed by atoms with Crippen molar-refractivity contribution < 1.29 is 9.90 Å². The van der Waals surface area contributed by atoms with Gasteiger partial charge in [0.05, 0.1) is 4.34 Å². The van der Waals surface area contributed by atoms with Crippen molar-refractivity contribution in [3.05, 3.63) is 44.6 Å². The van der Waals surface area contributed by atoms with Crippen LogP contribution in [0, 0.1) is 13.8 Å². The number of halogens is 1. The average Bonchev–Trinajstić information content (AvgIpc) is 2.77. The van der Waals surface area contributed by atoms with Gasteiger partial charge in [-0.2, -0.15) is 0 Å². The minimum absolute atomic E-state index is 0.641. The molecule has 0 aliphatic carbocycles. The summed E-state index contributed by atoms with van der Waals surface area (Å²) in [6, 6.07) is 7.71. The molecule has 0 bridgehead atoms. The van der Waals surface area contributed by atoms with Crippen molar-refractivity contribution in [2.45, 2.75) is 20.4 Å². The van der Waals surface area contributed by atoms with Gasteiger partial charge in [-0.1, -0.05) is 11.6 Å². The predicted molar refractivity (Wildman–Crippen MR) is 84.2 cm³/mol. The maximum atomic E-state index is 10.7. The van der Waals surface area contributed by atoms with Crippen molar-refractivity contribution in [3.8, 4) is 0 Å². The number of amides is 1. The zero-order chi connectivity index (χ0) is 14.7. The van der Waals surface area contributed by atoms with E-state index in [1.807, 2.05) is 38.1 Å². The minimum atomic E-state index is -1.05. The number of rotatable bonds is 4. The molecular formula is C14H15ClN2O2S. The molecule has 106 valence electrons. The van der Waals surface area contributed by atoms with Gasteiger partial charge in [0.1, 0.15) is 0 Å². The Morgan fingerprint density at radius 2 is 1.95 bits per heavy atom. The molecule has 0 atom stereocenters. The molecule has 0 saturated heterocycles. The number of benzene rings is 1. The number of thiophene rings is 1. The highest BCUT2D eigenvalue weighted by atomic mass is 35.5. The van der Waals surface area contributed by atoms with Gasteiger partial charge in [-0.05, 0) is 49.2 Å². The standard InChI is InChI=1S/C14H15ClN2O2S/c1-8-5-10(6-9(2)13(8)17-14(18)19)16-7-11-3-4-12(15)20-11/h3-6,16-17H,7H2,1-2H3,(H,18,19). The number of carbonyl (C=O) groups is 1. The number of carboxylic acid groups (broad SMARTS) is 1. The van der Waals surface area contributed by atoms with Crippen LogP contribution in [-0.4, -0.2) is 11.2 Å². The molecule has 0 saturated carbocycles. The topological polar surface area (TPSA) is 61.4 Å². The second kappa shape index (κ2) is 6.15. The molecule has 3 N–H and O–H groups in total. The third-order valence-corrected chi connectivity index (χ3v) is 4.09. The van der Waals surface area contributed by atoms with Crippen LogP contribution in [0.1, 0.15) is 16.0 Å². The Balaban J connectivity index is 2.11. The first kappa shape index (κ1) is 14.7. The van der Waals surface area contributed by atoms with Crippen LogP contribution in [0.15, 0.2) is 24.3 Å². The Labute approximate surface area is 126 Å². The molecule has 0 aliphatic rings. The Morgan fingerprint density at radius 3 is 2.45 bits per heavy atom. The number of hydrogen-bond acceptors (Lipinski definition) is 3. The van der Waals surface area contributed by atoms with Crippen LogP contribution >= 0.6 is 22.9 Å². The molecule has 6 heteroatoms. The summed E-state index contributed by atoms with van der Waals surface area (Å²) in [5, 5.41) is 14.5. The first-order chi connectivity index (χ1) is 9.45. The van der Waals surface area contributed by atoms with Gasteiger partial charge in [-0.3, -0.25) is 5.32 Å². The van der Waals surface area contributed by atoms with Gasteiger partial charge in [-0.15, -0.1) is 11.3 Å². The number of aryl methyl sites for hydroxylation is 2. The second-order valence-corrected chi connectivity index (χ2v) is 6.27. The zero-order valence-corrected chi connectivity index (χ0v) is 12.7. The molecule has 20 heavy (non-hydrogen) atoms. The van der Waals surface area contributed by atoms with E-state index in [0.717, 1.165) is 26.0 Å². The second-order valence-electron chi connectivity index (χ2n) is 4.47. The highest BCUT2D eigenvalue weighted by Crippen LogP contribution is 2.26. The van der Waals surface area contributed by atoms with Crippen molar-refractivity contribution in [3.63, 3.8) is 0 Å². The molecule has 4 nitrogen and oxygen atoms in total. The summed E-state index contributed by atoms with van der Waals surface area (Å²) in [6.45, 7) is 4.46. The fraction of sp³-hybridized carbons (Fsp3) is 0.214.